The van der Waals surface area contributed by atoms with Crippen LogP contribution in [0.4, 0.5) is 4.79 Å². The Bertz CT molecular complexity index is 861. The monoisotopic (exact) mass is 545 g/mol. The van der Waals surface area contributed by atoms with Crippen molar-refractivity contribution in [3.05, 3.63) is 35.4 Å². The van der Waals surface area contributed by atoms with E-state index in [1.54, 1.807) is 25.7 Å². The smallest absolute Gasteiger partial charge is 0.408 e. The van der Waals surface area contributed by atoms with E-state index in [2.05, 4.69) is 31.4 Å². The summed E-state index contributed by atoms with van der Waals surface area (Å²) in [5.74, 6) is -0.644. The molecule has 0 aromatic heterocycles. The average molecular weight is 546 g/mol. The van der Waals surface area contributed by atoms with Gasteiger partial charge in [0.1, 0.15) is 17.7 Å². The molecule has 0 heterocycles. The Balaban J connectivity index is 3.39. The van der Waals surface area contributed by atoms with Gasteiger partial charge in [0.15, 0.2) is 0 Å². The van der Waals surface area contributed by atoms with Gasteiger partial charge >= 0.3 is 6.09 Å². The van der Waals surface area contributed by atoms with Crippen LogP contribution in [0, 0.1) is 5.92 Å². The average Bonchev–Trinajstić information content (AvgIpc) is 2.87. The summed E-state index contributed by atoms with van der Waals surface area (Å²) in [7, 11) is 0. The van der Waals surface area contributed by atoms with Gasteiger partial charge in [-0.3, -0.25) is 9.59 Å². The second kappa shape index (κ2) is 17.9. The normalized spacial score (nSPS) is 13.1. The van der Waals surface area contributed by atoms with Crippen LogP contribution in [0.5, 0.6) is 0 Å². The van der Waals surface area contributed by atoms with Crippen molar-refractivity contribution in [2.24, 2.45) is 5.92 Å². The largest absolute Gasteiger partial charge is 0.444 e. The Hall–Kier alpha value is -2.57. The summed E-state index contributed by atoms with van der Waals surface area (Å²) < 4.78 is 5.47. The molecule has 2 atom stereocenters. The highest BCUT2D eigenvalue weighted by Crippen LogP contribution is 2.26. The van der Waals surface area contributed by atoms with Crippen LogP contribution in [0.25, 0.3) is 0 Å². The van der Waals surface area contributed by atoms with Gasteiger partial charge in [0, 0.05) is 13.1 Å². The van der Waals surface area contributed by atoms with Gasteiger partial charge in [-0.05, 0) is 57.1 Å². The molecule has 0 bridgehead atoms. The molecule has 2 N–H and O–H groups in total. The highest BCUT2D eigenvalue weighted by atomic mass is 16.6. The summed E-state index contributed by atoms with van der Waals surface area (Å²) in [6.07, 6.45) is 8.49. The van der Waals surface area contributed by atoms with Gasteiger partial charge in [0.2, 0.25) is 11.8 Å². The number of hydrogen-bond acceptors (Lipinski definition) is 4. The molecule has 1 aromatic rings. The molecule has 0 saturated carbocycles. The number of nitrogens with one attached hydrogen (secondary N) is 2. The number of carbonyl (C=O) groups excluding carboxylic acids is 3. The molecular formula is C32H55N3O4. The van der Waals surface area contributed by atoms with E-state index in [1.807, 2.05) is 38.1 Å². The second-order valence-corrected chi connectivity index (χ2v) is 11.8. The molecule has 1 rings (SSSR count). The highest BCUT2D eigenvalue weighted by Gasteiger charge is 2.37. The maximum absolute atomic E-state index is 14.2. The number of hydrogen-bond donors (Lipinski definition) is 2. The fourth-order valence-electron chi connectivity index (χ4n) is 4.45. The molecular weight excluding hydrogens is 490 g/mol. The summed E-state index contributed by atoms with van der Waals surface area (Å²) >= 11 is 0. The number of amides is 3. The van der Waals surface area contributed by atoms with Crippen LogP contribution in [0.1, 0.15) is 124 Å². The molecule has 2 unspecified atom stereocenters. The molecule has 3 amide bonds. The van der Waals surface area contributed by atoms with Crippen molar-refractivity contribution in [1.82, 2.24) is 15.5 Å². The maximum atomic E-state index is 14.2. The molecule has 39 heavy (non-hydrogen) atoms. The van der Waals surface area contributed by atoms with Gasteiger partial charge in [0.25, 0.3) is 0 Å². The molecule has 0 radical (unpaired) electrons. The number of unbranched alkanes of at least 4 members (excludes halogenated alkanes) is 6. The minimum Gasteiger partial charge on any atom is -0.444 e. The van der Waals surface area contributed by atoms with Crippen LogP contribution >= 0.6 is 0 Å². The highest BCUT2D eigenvalue weighted by molar-refractivity contribution is 5.92. The van der Waals surface area contributed by atoms with Crippen molar-refractivity contribution in [2.45, 2.75) is 131 Å². The summed E-state index contributed by atoms with van der Waals surface area (Å²) in [6, 6.07) is 6.35. The number of aryl methyl sites for hydroxylation is 1. The first-order chi connectivity index (χ1) is 18.4. The van der Waals surface area contributed by atoms with Gasteiger partial charge in [-0.2, -0.15) is 0 Å². The lowest BCUT2D eigenvalue weighted by atomic mass is 9.97. The maximum Gasteiger partial charge on any atom is 0.408 e. The van der Waals surface area contributed by atoms with Crippen molar-refractivity contribution >= 4 is 17.9 Å². The van der Waals surface area contributed by atoms with Crippen molar-refractivity contribution in [3.63, 3.8) is 0 Å². The Labute approximate surface area is 237 Å². The molecule has 1 aromatic carbocycles. The predicted molar refractivity (Wildman–Crippen MR) is 160 cm³/mol. The molecule has 222 valence electrons. The van der Waals surface area contributed by atoms with E-state index < -0.39 is 23.8 Å². The Kier molecular flexibility index (Phi) is 15.8. The zero-order chi connectivity index (χ0) is 29.4. The summed E-state index contributed by atoms with van der Waals surface area (Å²) in [5, 5.41) is 5.86. The quantitative estimate of drug-likeness (QED) is 0.207. The third kappa shape index (κ3) is 12.9. The van der Waals surface area contributed by atoms with Crippen molar-refractivity contribution in [1.29, 1.82) is 0 Å². The fraction of sp³-hybridized carbons (Fsp3) is 0.719. The van der Waals surface area contributed by atoms with Crippen LogP contribution in [-0.2, 0) is 20.7 Å². The third-order valence-corrected chi connectivity index (χ3v) is 6.73. The third-order valence-electron chi connectivity index (χ3n) is 6.73. The molecule has 7 heteroatoms. The summed E-state index contributed by atoms with van der Waals surface area (Å²) in [4.78, 5) is 42.3. The molecule has 0 aliphatic carbocycles. The van der Waals surface area contributed by atoms with Crippen molar-refractivity contribution in [2.75, 3.05) is 13.1 Å². The van der Waals surface area contributed by atoms with Crippen LogP contribution < -0.4 is 10.6 Å². The zero-order valence-electron chi connectivity index (χ0n) is 25.9. The van der Waals surface area contributed by atoms with E-state index in [-0.39, 0.29) is 17.7 Å². The zero-order valence-corrected chi connectivity index (χ0v) is 25.9. The first-order valence-electron chi connectivity index (χ1n) is 15.1. The summed E-state index contributed by atoms with van der Waals surface area (Å²) in [5.41, 5.74) is 1.26. The lowest BCUT2D eigenvalue weighted by Crippen LogP contribution is -2.55. The number of nitrogens with zero attached hydrogens (tertiary/aromatic N) is 1. The number of ether oxygens (including phenoxy) is 1. The molecule has 0 aliphatic rings. The van der Waals surface area contributed by atoms with Crippen LogP contribution in [0.2, 0.25) is 0 Å². The second-order valence-electron chi connectivity index (χ2n) is 11.8. The van der Waals surface area contributed by atoms with E-state index in [9.17, 15) is 14.4 Å². The lowest BCUT2D eigenvalue weighted by molar-refractivity contribution is -0.143. The minimum atomic E-state index is -0.819. The van der Waals surface area contributed by atoms with Crippen molar-refractivity contribution in [3.8, 4) is 0 Å². The van der Waals surface area contributed by atoms with E-state index >= 15 is 0 Å². The van der Waals surface area contributed by atoms with Crippen molar-refractivity contribution < 1.29 is 19.1 Å². The fourth-order valence-corrected chi connectivity index (χ4v) is 4.45. The molecule has 0 fully saturated rings. The van der Waals surface area contributed by atoms with Crippen LogP contribution in [0.15, 0.2) is 24.3 Å². The van der Waals surface area contributed by atoms with E-state index in [4.69, 9.17) is 4.74 Å². The topological polar surface area (TPSA) is 87.7 Å². The Morgan fingerprint density at radius 2 is 1.46 bits per heavy atom. The molecule has 0 spiro atoms. The number of carbonyl (C=O) groups is 3. The van der Waals surface area contributed by atoms with Gasteiger partial charge in [0.05, 0.1) is 0 Å². The first kappa shape index (κ1) is 34.5. The molecule has 0 aliphatic heterocycles. The van der Waals surface area contributed by atoms with E-state index in [1.165, 1.54) is 24.8 Å². The Morgan fingerprint density at radius 1 is 0.872 bits per heavy atom. The number of benzene rings is 1. The predicted octanol–water partition coefficient (Wildman–Crippen LogP) is 6.94. The lowest BCUT2D eigenvalue weighted by Gasteiger charge is -2.35. The van der Waals surface area contributed by atoms with Gasteiger partial charge < -0.3 is 20.3 Å². The molecule has 0 saturated heterocycles. The standard InChI is InChI=1S/C32H55N3O4/c1-9-12-14-15-16-17-23-35(30(37)27(24(4)5)34-31(38)39-32(6,7)8)28(29(36)33-22-13-10-2)26-20-18-25(11-3)19-21-26/h18-21,24,27-28H,9-17,22-23H2,1-8H3,(H,33,36)(H,34,38). The Morgan fingerprint density at radius 3 is 2.00 bits per heavy atom. The van der Waals surface area contributed by atoms with E-state index in [0.717, 1.165) is 44.1 Å². The van der Waals surface area contributed by atoms with Gasteiger partial charge in [-0.25, -0.2) is 4.79 Å². The van der Waals surface area contributed by atoms with E-state index in [0.29, 0.717) is 13.1 Å². The SMILES string of the molecule is CCCCCCCCN(C(=O)C(NC(=O)OC(C)(C)C)C(C)C)C(C(=O)NCCCC)c1ccc(CC)cc1. The summed E-state index contributed by atoms with van der Waals surface area (Å²) in [6.45, 7) is 16.5. The van der Waals surface area contributed by atoms with Gasteiger partial charge in [-0.1, -0.05) is 97.4 Å². The van der Waals surface area contributed by atoms with Gasteiger partial charge in [-0.15, -0.1) is 0 Å². The van der Waals surface area contributed by atoms with Crippen LogP contribution in [0.3, 0.4) is 0 Å². The molecule has 7 nitrogen and oxygen atoms in total. The number of rotatable bonds is 17. The van der Waals surface area contributed by atoms with Crippen LogP contribution in [-0.4, -0.2) is 47.5 Å². The number of alkyl carbamates (subject to hydrolysis) is 1. The minimum absolute atomic E-state index is 0.188. The first-order valence-corrected chi connectivity index (χ1v) is 15.1.